The second-order valence-corrected chi connectivity index (χ2v) is 7.49. The van der Waals surface area contributed by atoms with Gasteiger partial charge in [-0.2, -0.15) is 0 Å². The molecule has 2 aliphatic heterocycles. The van der Waals surface area contributed by atoms with Crippen molar-refractivity contribution in [2.24, 2.45) is 17.6 Å². The van der Waals surface area contributed by atoms with E-state index >= 15 is 0 Å². The molecular formula is C18H23ClN4O3. The number of carbonyl (C=O) groups is 3. The van der Waals surface area contributed by atoms with Gasteiger partial charge in [-0.25, -0.2) is 4.79 Å². The predicted molar refractivity (Wildman–Crippen MR) is 97.8 cm³/mol. The number of fused-ring (bicyclic) bond motifs is 1. The van der Waals surface area contributed by atoms with Gasteiger partial charge < -0.3 is 16.0 Å². The molecule has 4 unspecified atom stereocenters. The van der Waals surface area contributed by atoms with Crippen molar-refractivity contribution >= 4 is 30.3 Å². The van der Waals surface area contributed by atoms with E-state index in [0.717, 1.165) is 25.9 Å². The number of rotatable bonds is 2. The van der Waals surface area contributed by atoms with Gasteiger partial charge in [0, 0.05) is 24.7 Å². The lowest BCUT2D eigenvalue weighted by Gasteiger charge is -2.22. The van der Waals surface area contributed by atoms with E-state index in [1.54, 1.807) is 31.2 Å². The standard InChI is InChI=1S/C18H22N4O3.ClH/c1-18(16(24)20-17(25)21-18)12-5-2-10(3-6-12)15(23)22-8-11-4-7-14(19)13(11)9-22;/h2-3,5-6,11,13-14H,4,7-9,19H2,1H3,(H2,20,21,24,25);1H. The van der Waals surface area contributed by atoms with Gasteiger partial charge in [-0.15, -0.1) is 12.4 Å². The Labute approximate surface area is 158 Å². The fourth-order valence-corrected chi connectivity index (χ4v) is 4.35. The van der Waals surface area contributed by atoms with Gasteiger partial charge in [0.05, 0.1) is 0 Å². The third-order valence-corrected chi connectivity index (χ3v) is 5.95. The van der Waals surface area contributed by atoms with Gasteiger partial charge in [-0.05, 0) is 49.3 Å². The molecule has 1 aliphatic carbocycles. The topological polar surface area (TPSA) is 105 Å². The number of hydrogen-bond acceptors (Lipinski definition) is 4. The Hall–Kier alpha value is -2.12. The Morgan fingerprint density at radius 3 is 2.46 bits per heavy atom. The highest BCUT2D eigenvalue weighted by Crippen LogP contribution is 2.37. The number of imide groups is 1. The first-order valence-electron chi connectivity index (χ1n) is 8.67. The van der Waals surface area contributed by atoms with Crippen molar-refractivity contribution in [1.29, 1.82) is 0 Å². The minimum Gasteiger partial charge on any atom is -0.338 e. The molecule has 3 aliphatic rings. The lowest BCUT2D eigenvalue weighted by molar-refractivity contribution is -0.123. The van der Waals surface area contributed by atoms with Crippen molar-refractivity contribution < 1.29 is 14.4 Å². The van der Waals surface area contributed by atoms with Gasteiger partial charge in [-0.1, -0.05) is 12.1 Å². The van der Waals surface area contributed by atoms with Crippen LogP contribution in [0.4, 0.5) is 4.79 Å². The van der Waals surface area contributed by atoms with E-state index < -0.39 is 17.5 Å². The van der Waals surface area contributed by atoms with Gasteiger partial charge in [-0.3, -0.25) is 14.9 Å². The van der Waals surface area contributed by atoms with Gasteiger partial charge >= 0.3 is 6.03 Å². The zero-order valence-electron chi connectivity index (χ0n) is 14.5. The maximum absolute atomic E-state index is 12.7. The normalized spacial score (nSPS) is 32.7. The number of benzene rings is 1. The SMILES string of the molecule is CC1(c2ccc(C(=O)N3CC4CCC(N)C4C3)cc2)NC(=O)NC1=O.Cl. The summed E-state index contributed by atoms with van der Waals surface area (Å²) in [6.45, 7) is 3.14. The first kappa shape index (κ1) is 18.7. The summed E-state index contributed by atoms with van der Waals surface area (Å²) < 4.78 is 0. The van der Waals surface area contributed by atoms with Crippen molar-refractivity contribution in [2.45, 2.75) is 31.3 Å². The molecule has 4 rings (SSSR count). The zero-order chi connectivity index (χ0) is 17.8. The third-order valence-electron chi connectivity index (χ3n) is 5.95. The number of nitrogens with two attached hydrogens (primary N) is 1. The number of carbonyl (C=O) groups excluding carboxylic acids is 3. The van der Waals surface area contributed by atoms with Crippen LogP contribution in [0.2, 0.25) is 0 Å². The summed E-state index contributed by atoms with van der Waals surface area (Å²) in [5, 5.41) is 4.86. The van der Waals surface area contributed by atoms with Crippen molar-refractivity contribution in [3.05, 3.63) is 35.4 Å². The van der Waals surface area contributed by atoms with Gasteiger partial charge in [0.15, 0.2) is 0 Å². The molecule has 140 valence electrons. The second kappa shape index (κ2) is 6.55. The van der Waals surface area contributed by atoms with Crippen LogP contribution in [-0.4, -0.2) is 41.9 Å². The van der Waals surface area contributed by atoms with Crippen LogP contribution in [-0.2, 0) is 10.3 Å². The lowest BCUT2D eigenvalue weighted by Crippen LogP contribution is -2.40. The van der Waals surface area contributed by atoms with Crippen LogP contribution >= 0.6 is 12.4 Å². The van der Waals surface area contributed by atoms with Crippen molar-refractivity contribution in [1.82, 2.24) is 15.5 Å². The maximum Gasteiger partial charge on any atom is 0.322 e. The summed E-state index contributed by atoms with van der Waals surface area (Å²) in [6.07, 6.45) is 2.15. The molecule has 4 N–H and O–H groups in total. The van der Waals surface area contributed by atoms with Crippen molar-refractivity contribution in [2.75, 3.05) is 13.1 Å². The fourth-order valence-electron chi connectivity index (χ4n) is 4.35. The van der Waals surface area contributed by atoms with Crippen LogP contribution in [0.5, 0.6) is 0 Å². The number of nitrogens with zero attached hydrogens (tertiary/aromatic N) is 1. The summed E-state index contributed by atoms with van der Waals surface area (Å²) in [6, 6.07) is 6.58. The van der Waals surface area contributed by atoms with Gasteiger partial charge in [0.1, 0.15) is 5.54 Å². The minimum atomic E-state index is -1.10. The van der Waals surface area contributed by atoms with E-state index in [0.29, 0.717) is 23.0 Å². The molecular weight excluding hydrogens is 356 g/mol. The summed E-state index contributed by atoms with van der Waals surface area (Å²) in [5.41, 5.74) is 6.27. The molecule has 26 heavy (non-hydrogen) atoms. The number of urea groups is 1. The van der Waals surface area contributed by atoms with Crippen LogP contribution in [0, 0.1) is 11.8 Å². The monoisotopic (exact) mass is 378 g/mol. The zero-order valence-corrected chi connectivity index (χ0v) is 15.3. The molecule has 4 atom stereocenters. The summed E-state index contributed by atoms with van der Waals surface area (Å²) >= 11 is 0. The Morgan fingerprint density at radius 1 is 1.19 bits per heavy atom. The number of amides is 4. The first-order valence-corrected chi connectivity index (χ1v) is 8.67. The summed E-state index contributed by atoms with van der Waals surface area (Å²) in [5.74, 6) is 0.546. The van der Waals surface area contributed by atoms with Gasteiger partial charge in [0.2, 0.25) is 0 Å². The van der Waals surface area contributed by atoms with E-state index in [2.05, 4.69) is 10.6 Å². The van der Waals surface area contributed by atoms with E-state index in [1.165, 1.54) is 0 Å². The smallest absolute Gasteiger partial charge is 0.322 e. The fraction of sp³-hybridized carbons (Fsp3) is 0.500. The van der Waals surface area contributed by atoms with Crippen molar-refractivity contribution in [3.8, 4) is 0 Å². The first-order chi connectivity index (χ1) is 11.9. The molecule has 1 aromatic carbocycles. The molecule has 4 amide bonds. The maximum atomic E-state index is 12.7. The van der Waals surface area contributed by atoms with Crippen molar-refractivity contribution in [3.63, 3.8) is 0 Å². The molecule has 1 aromatic rings. The van der Waals surface area contributed by atoms with Crippen LogP contribution in [0.25, 0.3) is 0 Å². The minimum absolute atomic E-state index is 0. The number of likely N-dealkylation sites (tertiary alicyclic amines) is 1. The molecule has 8 heteroatoms. The summed E-state index contributed by atoms with van der Waals surface area (Å²) in [4.78, 5) is 38.0. The Kier molecular flexibility index (Phi) is 4.71. The van der Waals surface area contributed by atoms with E-state index in [-0.39, 0.29) is 24.4 Å². The molecule has 7 nitrogen and oxygen atoms in total. The average Bonchev–Trinajstić information content (AvgIpc) is 3.23. The number of hydrogen-bond donors (Lipinski definition) is 3. The molecule has 3 fully saturated rings. The molecule has 2 heterocycles. The van der Waals surface area contributed by atoms with Gasteiger partial charge in [0.25, 0.3) is 11.8 Å². The highest BCUT2D eigenvalue weighted by atomic mass is 35.5. The molecule has 0 spiro atoms. The van der Waals surface area contributed by atoms with Crippen LogP contribution in [0.15, 0.2) is 24.3 Å². The highest BCUT2D eigenvalue weighted by Gasteiger charge is 2.44. The molecule has 0 aromatic heterocycles. The molecule has 0 bridgehead atoms. The van der Waals surface area contributed by atoms with E-state index in [9.17, 15) is 14.4 Å². The lowest BCUT2D eigenvalue weighted by atomic mass is 9.91. The average molecular weight is 379 g/mol. The highest BCUT2D eigenvalue weighted by molar-refractivity contribution is 6.07. The van der Waals surface area contributed by atoms with Crippen LogP contribution in [0.3, 0.4) is 0 Å². The largest absolute Gasteiger partial charge is 0.338 e. The quantitative estimate of drug-likeness (QED) is 0.667. The van der Waals surface area contributed by atoms with Crippen LogP contribution < -0.4 is 16.4 Å². The summed E-state index contributed by atoms with van der Waals surface area (Å²) in [7, 11) is 0. The van der Waals surface area contributed by atoms with E-state index in [1.807, 2.05) is 4.90 Å². The Bertz CT molecular complexity index is 753. The Balaban J connectivity index is 0.00000196. The molecule has 0 radical (unpaired) electrons. The second-order valence-electron chi connectivity index (χ2n) is 7.49. The van der Waals surface area contributed by atoms with E-state index in [4.69, 9.17) is 5.73 Å². The predicted octanol–water partition coefficient (Wildman–Crippen LogP) is 0.972. The molecule has 2 saturated heterocycles. The molecule has 1 saturated carbocycles. The number of nitrogens with one attached hydrogen (secondary N) is 2. The van der Waals surface area contributed by atoms with Crippen LogP contribution in [0.1, 0.15) is 35.7 Å². The number of halogens is 1. The third kappa shape index (κ3) is 2.85. The Morgan fingerprint density at radius 2 is 1.88 bits per heavy atom.